The van der Waals surface area contributed by atoms with Gasteiger partial charge >= 0.3 is 6.03 Å². The molecule has 0 radical (unpaired) electrons. The molecule has 2 amide bonds. The van der Waals surface area contributed by atoms with Crippen LogP contribution in [0.5, 0.6) is 0 Å². The van der Waals surface area contributed by atoms with Crippen LogP contribution in [0.4, 0.5) is 10.5 Å². The molecule has 5 heteroatoms. The lowest BCUT2D eigenvalue weighted by Crippen LogP contribution is -2.35. The summed E-state index contributed by atoms with van der Waals surface area (Å²) >= 11 is 0. The molecule has 0 fully saturated rings. The zero-order valence-electron chi connectivity index (χ0n) is 12.9. The highest BCUT2D eigenvalue weighted by Gasteiger charge is 2.20. The van der Waals surface area contributed by atoms with Gasteiger partial charge < -0.3 is 14.8 Å². The monoisotopic (exact) mass is 316 g/mol. The maximum atomic E-state index is 12.5. The van der Waals surface area contributed by atoms with Gasteiger partial charge in [0.15, 0.2) is 0 Å². The number of nitrogens with one attached hydrogen (secondary N) is 1. The van der Waals surface area contributed by atoms with E-state index in [-0.39, 0.29) is 12.3 Å². The largest absolute Gasteiger partial charge is 0.322 e. The highest BCUT2D eigenvalue weighted by Crippen LogP contribution is 2.37. The van der Waals surface area contributed by atoms with Gasteiger partial charge in [-0.3, -0.25) is 0 Å². The quantitative estimate of drug-likeness (QED) is 0.836. The first-order chi connectivity index (χ1) is 10.4. The summed E-state index contributed by atoms with van der Waals surface area (Å²) in [6, 6.07) is 18.7. The summed E-state index contributed by atoms with van der Waals surface area (Å²) in [5.74, 6) is 0. The number of hydrogen-bond acceptors (Lipinski definition) is 2. The smallest absolute Gasteiger partial charge is 0.322 e. The molecular weight excluding hydrogens is 295 g/mol. The first-order valence-electron chi connectivity index (χ1n) is 7.13. The Labute approximate surface area is 131 Å². The molecule has 0 aliphatic heterocycles. The number of benzene rings is 2. The third-order valence-electron chi connectivity index (χ3n) is 3.04. The zero-order valence-corrected chi connectivity index (χ0v) is 13.8. The summed E-state index contributed by atoms with van der Waals surface area (Å²) in [4.78, 5) is 14.1. The molecule has 0 heterocycles. The lowest BCUT2D eigenvalue weighted by molar-refractivity contribution is 0.217. The van der Waals surface area contributed by atoms with Crippen LogP contribution in [0.3, 0.4) is 0 Å². The number of nitrogens with zero attached hydrogens (tertiary/aromatic N) is 1. The number of carbonyl (C=O) groups is 1. The number of amides is 2. The van der Waals surface area contributed by atoms with E-state index in [0.717, 1.165) is 11.3 Å². The predicted molar refractivity (Wildman–Crippen MR) is 91.8 cm³/mol. The summed E-state index contributed by atoms with van der Waals surface area (Å²) in [6.07, 6.45) is 0.251. The lowest BCUT2D eigenvalue weighted by atomic mass is 10.2. The Kier molecular flexibility index (Phi) is 5.40. The fourth-order valence-electron chi connectivity index (χ4n) is 2.12. The Balaban J connectivity index is 2.13. The van der Waals surface area contributed by atoms with E-state index in [4.69, 9.17) is 0 Å². The van der Waals surface area contributed by atoms with Crippen LogP contribution in [0, 0.1) is 0 Å². The average molecular weight is 316 g/mol. The summed E-state index contributed by atoms with van der Waals surface area (Å²) in [5, 5.41) is 2.85. The summed E-state index contributed by atoms with van der Waals surface area (Å²) in [7, 11) is -2.35. The van der Waals surface area contributed by atoms with E-state index < -0.39 is 7.14 Å². The molecule has 2 aromatic carbocycles. The topological polar surface area (TPSA) is 49.4 Å². The van der Waals surface area contributed by atoms with E-state index in [9.17, 15) is 9.36 Å². The van der Waals surface area contributed by atoms with Crippen LogP contribution in [0.1, 0.15) is 5.56 Å². The van der Waals surface area contributed by atoms with E-state index in [1.54, 1.807) is 18.2 Å². The molecule has 0 saturated heterocycles. The van der Waals surface area contributed by atoms with Gasteiger partial charge in [-0.1, -0.05) is 48.5 Å². The van der Waals surface area contributed by atoms with Gasteiger partial charge in [-0.25, -0.2) is 4.79 Å². The van der Waals surface area contributed by atoms with Crippen molar-refractivity contribution in [3.63, 3.8) is 0 Å². The van der Waals surface area contributed by atoms with E-state index >= 15 is 0 Å². The van der Waals surface area contributed by atoms with Gasteiger partial charge in [-0.2, -0.15) is 0 Å². The van der Waals surface area contributed by atoms with Crippen molar-refractivity contribution in [1.29, 1.82) is 0 Å². The van der Waals surface area contributed by atoms with Crippen LogP contribution in [0.25, 0.3) is 0 Å². The van der Waals surface area contributed by atoms with Gasteiger partial charge in [0.05, 0.1) is 6.29 Å². The van der Waals surface area contributed by atoms with Gasteiger partial charge in [0.1, 0.15) is 7.14 Å². The predicted octanol–water partition coefficient (Wildman–Crippen LogP) is 4.30. The maximum absolute atomic E-state index is 12.5. The Morgan fingerprint density at radius 1 is 1.00 bits per heavy atom. The Morgan fingerprint density at radius 2 is 1.55 bits per heavy atom. The molecule has 0 unspecified atom stereocenters. The molecule has 0 bridgehead atoms. The van der Waals surface area contributed by atoms with Crippen molar-refractivity contribution in [2.45, 2.75) is 6.54 Å². The zero-order chi connectivity index (χ0) is 16.0. The molecule has 4 nitrogen and oxygen atoms in total. The first-order valence-corrected chi connectivity index (χ1v) is 9.91. The van der Waals surface area contributed by atoms with Gasteiger partial charge in [-0.05, 0) is 31.0 Å². The van der Waals surface area contributed by atoms with Crippen LogP contribution >= 0.6 is 7.14 Å². The molecule has 2 aromatic rings. The van der Waals surface area contributed by atoms with Crippen molar-refractivity contribution in [1.82, 2.24) is 4.90 Å². The Bertz CT molecular complexity index is 653. The van der Waals surface area contributed by atoms with Crippen LogP contribution in [-0.4, -0.2) is 30.5 Å². The molecule has 2 rings (SSSR count). The Morgan fingerprint density at radius 3 is 2.09 bits per heavy atom. The standard InChI is InChI=1S/C17H21N2O2P/c1-22(2,21)14-19(13-15-9-5-3-6-10-15)17(20)18-16-11-7-4-8-12-16/h3-12H,13-14H2,1-2H3,(H,18,20). The van der Waals surface area contributed by atoms with Gasteiger partial charge in [0.25, 0.3) is 0 Å². The van der Waals surface area contributed by atoms with Crippen molar-refractivity contribution >= 4 is 18.9 Å². The number of anilines is 1. The number of urea groups is 1. The van der Waals surface area contributed by atoms with E-state index in [1.165, 1.54) is 0 Å². The SMILES string of the molecule is CP(C)(=O)CN(Cc1ccccc1)C(=O)Nc1ccccc1. The molecule has 22 heavy (non-hydrogen) atoms. The fraction of sp³-hybridized carbons (Fsp3) is 0.235. The minimum absolute atomic E-state index is 0.237. The number of para-hydroxylation sites is 1. The van der Waals surface area contributed by atoms with Crippen LogP contribution in [0.15, 0.2) is 60.7 Å². The number of hydrogen-bond donors (Lipinski definition) is 1. The van der Waals surface area contributed by atoms with Crippen molar-refractivity contribution in [2.75, 3.05) is 24.9 Å². The molecule has 0 spiro atoms. The molecular formula is C17H21N2O2P. The van der Waals surface area contributed by atoms with Gasteiger partial charge in [0, 0.05) is 12.2 Å². The minimum Gasteiger partial charge on any atom is -0.322 e. The lowest BCUT2D eigenvalue weighted by Gasteiger charge is -2.25. The van der Waals surface area contributed by atoms with Crippen molar-refractivity contribution in [3.8, 4) is 0 Å². The summed E-state index contributed by atoms with van der Waals surface area (Å²) < 4.78 is 12.2. The molecule has 0 aliphatic rings. The molecule has 0 atom stereocenters. The Hall–Kier alpha value is -2.06. The second-order valence-corrected chi connectivity index (χ2v) is 9.13. The maximum Gasteiger partial charge on any atom is 0.322 e. The molecule has 0 aliphatic carbocycles. The second-order valence-electron chi connectivity index (χ2n) is 5.70. The normalized spacial score (nSPS) is 11.0. The molecule has 1 N–H and O–H groups in total. The van der Waals surface area contributed by atoms with Gasteiger partial charge in [-0.15, -0.1) is 0 Å². The molecule has 0 saturated carbocycles. The molecule has 116 valence electrons. The summed E-state index contributed by atoms with van der Waals surface area (Å²) in [6.45, 7) is 3.83. The first kappa shape index (κ1) is 16.3. The van der Waals surface area contributed by atoms with E-state index in [2.05, 4.69) is 5.32 Å². The highest BCUT2D eigenvalue weighted by molar-refractivity contribution is 7.62. The van der Waals surface area contributed by atoms with Gasteiger partial charge in [0.2, 0.25) is 0 Å². The third kappa shape index (κ3) is 5.38. The van der Waals surface area contributed by atoms with E-state index in [0.29, 0.717) is 6.54 Å². The average Bonchev–Trinajstić information content (AvgIpc) is 2.47. The second kappa shape index (κ2) is 7.28. The van der Waals surface area contributed by atoms with Crippen molar-refractivity contribution in [3.05, 3.63) is 66.2 Å². The number of carbonyl (C=O) groups excluding carboxylic acids is 1. The third-order valence-corrected chi connectivity index (χ3v) is 4.06. The number of rotatable bonds is 5. The van der Waals surface area contributed by atoms with E-state index in [1.807, 2.05) is 60.7 Å². The molecule has 0 aromatic heterocycles. The van der Waals surface area contributed by atoms with Crippen molar-refractivity contribution < 1.29 is 9.36 Å². The fourth-order valence-corrected chi connectivity index (χ4v) is 3.18. The highest BCUT2D eigenvalue weighted by atomic mass is 31.2. The van der Waals surface area contributed by atoms with Crippen LogP contribution < -0.4 is 5.32 Å². The van der Waals surface area contributed by atoms with Crippen LogP contribution in [-0.2, 0) is 11.1 Å². The minimum atomic E-state index is -2.35. The van der Waals surface area contributed by atoms with Crippen molar-refractivity contribution in [2.24, 2.45) is 0 Å². The summed E-state index contributed by atoms with van der Waals surface area (Å²) in [5.41, 5.74) is 1.74. The van der Waals surface area contributed by atoms with Crippen LogP contribution in [0.2, 0.25) is 0 Å².